The molecule has 1 aliphatic rings. The first kappa shape index (κ1) is 12.4. The highest BCUT2D eigenvalue weighted by molar-refractivity contribution is 7.14. The molecule has 0 amide bonds. The van der Waals surface area contributed by atoms with E-state index >= 15 is 0 Å². The molecule has 0 aromatic carbocycles. The fourth-order valence-electron chi connectivity index (χ4n) is 2.40. The molecule has 3 heteroatoms. The van der Waals surface area contributed by atoms with Crippen LogP contribution < -0.4 is 5.32 Å². The van der Waals surface area contributed by atoms with E-state index < -0.39 is 0 Å². The van der Waals surface area contributed by atoms with Crippen molar-refractivity contribution in [3.05, 3.63) is 21.3 Å². The van der Waals surface area contributed by atoms with Crippen molar-refractivity contribution in [2.24, 2.45) is 5.92 Å². The Morgan fingerprint density at radius 2 is 2.19 bits per heavy atom. The van der Waals surface area contributed by atoms with Gasteiger partial charge < -0.3 is 5.32 Å². The number of halogens is 1. The molecule has 1 fully saturated rings. The molecule has 90 valence electrons. The van der Waals surface area contributed by atoms with Gasteiger partial charge in [-0.05, 0) is 49.2 Å². The molecule has 1 aromatic heterocycles. The van der Waals surface area contributed by atoms with E-state index in [1.54, 1.807) is 11.3 Å². The summed E-state index contributed by atoms with van der Waals surface area (Å²) < 4.78 is 0.890. The minimum atomic E-state index is 0.436. The Morgan fingerprint density at radius 3 is 2.81 bits per heavy atom. The van der Waals surface area contributed by atoms with Crippen LogP contribution in [0.2, 0.25) is 4.34 Å². The Kier molecular flexibility index (Phi) is 4.68. The minimum absolute atomic E-state index is 0.436. The standard InChI is InChI=1S/C13H20ClNS/c1-10(12-7-13(14)16-9-12)15-8-11-5-3-2-4-6-11/h7,9-11,15H,2-6,8H2,1H3. The molecule has 0 aliphatic heterocycles. The smallest absolute Gasteiger partial charge is 0.0931 e. The molecule has 0 bridgehead atoms. The van der Waals surface area contributed by atoms with Crippen molar-refractivity contribution in [3.63, 3.8) is 0 Å². The Balaban J connectivity index is 1.76. The average molecular weight is 258 g/mol. The average Bonchev–Trinajstić information content (AvgIpc) is 2.74. The van der Waals surface area contributed by atoms with Crippen LogP contribution in [0.5, 0.6) is 0 Å². The monoisotopic (exact) mass is 257 g/mol. The molecule has 1 nitrogen and oxygen atoms in total. The van der Waals surface area contributed by atoms with E-state index in [1.165, 1.54) is 37.7 Å². The number of thiophene rings is 1. The van der Waals surface area contributed by atoms with Crippen LogP contribution >= 0.6 is 22.9 Å². The van der Waals surface area contributed by atoms with E-state index in [-0.39, 0.29) is 0 Å². The second kappa shape index (κ2) is 6.04. The Bertz CT molecular complexity index is 317. The summed E-state index contributed by atoms with van der Waals surface area (Å²) in [6, 6.07) is 2.51. The second-order valence-corrected chi connectivity index (χ2v) is 6.36. The van der Waals surface area contributed by atoms with Crippen LogP contribution in [-0.2, 0) is 0 Å². The summed E-state index contributed by atoms with van der Waals surface area (Å²) in [6.07, 6.45) is 7.09. The highest BCUT2D eigenvalue weighted by Gasteiger charge is 2.15. The van der Waals surface area contributed by atoms with Gasteiger partial charge in [-0.3, -0.25) is 0 Å². The molecular formula is C13H20ClNS. The van der Waals surface area contributed by atoms with Crippen LogP contribution in [0.15, 0.2) is 11.4 Å². The van der Waals surface area contributed by atoms with E-state index in [0.29, 0.717) is 6.04 Å². The van der Waals surface area contributed by atoms with Crippen LogP contribution in [-0.4, -0.2) is 6.54 Å². The molecular weight excluding hydrogens is 238 g/mol. The summed E-state index contributed by atoms with van der Waals surface area (Å²) >= 11 is 7.56. The predicted octanol–water partition coefficient (Wildman–Crippen LogP) is 4.63. The van der Waals surface area contributed by atoms with Gasteiger partial charge in [-0.1, -0.05) is 30.9 Å². The fraction of sp³-hybridized carbons (Fsp3) is 0.692. The van der Waals surface area contributed by atoms with Gasteiger partial charge in [-0.25, -0.2) is 0 Å². The van der Waals surface area contributed by atoms with Gasteiger partial charge in [0.25, 0.3) is 0 Å². The third kappa shape index (κ3) is 3.47. The SMILES string of the molecule is CC(NCC1CCCCC1)c1csc(Cl)c1. The zero-order valence-electron chi connectivity index (χ0n) is 9.84. The molecule has 1 atom stereocenters. The van der Waals surface area contributed by atoms with Crippen LogP contribution in [0, 0.1) is 5.92 Å². The summed E-state index contributed by atoms with van der Waals surface area (Å²) in [5.74, 6) is 0.894. The Morgan fingerprint density at radius 1 is 1.44 bits per heavy atom. The van der Waals surface area contributed by atoms with Gasteiger partial charge in [-0.15, -0.1) is 11.3 Å². The van der Waals surface area contributed by atoms with Crippen molar-refractivity contribution < 1.29 is 0 Å². The van der Waals surface area contributed by atoms with Crippen LogP contribution in [0.4, 0.5) is 0 Å². The van der Waals surface area contributed by atoms with E-state index in [4.69, 9.17) is 11.6 Å². The predicted molar refractivity (Wildman–Crippen MR) is 72.3 cm³/mol. The molecule has 1 saturated carbocycles. The van der Waals surface area contributed by atoms with Crippen LogP contribution in [0.25, 0.3) is 0 Å². The fourth-order valence-corrected chi connectivity index (χ4v) is 3.39. The van der Waals surface area contributed by atoms with Gasteiger partial charge in [-0.2, -0.15) is 0 Å². The number of hydrogen-bond acceptors (Lipinski definition) is 2. The van der Waals surface area contributed by atoms with Crippen molar-refractivity contribution in [1.82, 2.24) is 5.32 Å². The van der Waals surface area contributed by atoms with E-state index in [0.717, 1.165) is 16.8 Å². The molecule has 0 saturated heterocycles. The van der Waals surface area contributed by atoms with Gasteiger partial charge in [0.05, 0.1) is 4.34 Å². The normalized spacial score (nSPS) is 19.9. The topological polar surface area (TPSA) is 12.0 Å². The first-order chi connectivity index (χ1) is 7.75. The molecule has 2 rings (SSSR count). The lowest BCUT2D eigenvalue weighted by atomic mass is 9.89. The summed E-state index contributed by atoms with van der Waals surface area (Å²) in [6.45, 7) is 3.38. The molecule has 0 spiro atoms. The summed E-state index contributed by atoms with van der Waals surface area (Å²) in [7, 11) is 0. The molecule has 1 aromatic rings. The summed E-state index contributed by atoms with van der Waals surface area (Å²) in [4.78, 5) is 0. The van der Waals surface area contributed by atoms with Gasteiger partial charge in [0.1, 0.15) is 0 Å². The molecule has 0 radical (unpaired) electrons. The van der Waals surface area contributed by atoms with E-state index in [2.05, 4.69) is 23.7 Å². The second-order valence-electron chi connectivity index (χ2n) is 4.82. The van der Waals surface area contributed by atoms with E-state index in [1.807, 2.05) is 0 Å². The molecule has 1 heterocycles. The zero-order valence-corrected chi connectivity index (χ0v) is 11.4. The first-order valence-corrected chi connectivity index (χ1v) is 7.49. The summed E-state index contributed by atoms with van der Waals surface area (Å²) in [5.41, 5.74) is 1.32. The summed E-state index contributed by atoms with van der Waals surface area (Å²) in [5, 5.41) is 5.78. The maximum absolute atomic E-state index is 5.94. The molecule has 16 heavy (non-hydrogen) atoms. The quantitative estimate of drug-likeness (QED) is 0.829. The molecule has 1 unspecified atom stereocenters. The lowest BCUT2D eigenvalue weighted by Gasteiger charge is -2.23. The van der Waals surface area contributed by atoms with Gasteiger partial charge >= 0.3 is 0 Å². The van der Waals surface area contributed by atoms with Crippen molar-refractivity contribution in [1.29, 1.82) is 0 Å². The number of hydrogen-bond donors (Lipinski definition) is 1. The van der Waals surface area contributed by atoms with Gasteiger partial charge in [0, 0.05) is 6.04 Å². The van der Waals surface area contributed by atoms with Crippen molar-refractivity contribution in [3.8, 4) is 0 Å². The third-order valence-corrected chi connectivity index (χ3v) is 4.63. The lowest BCUT2D eigenvalue weighted by molar-refractivity contribution is 0.332. The highest BCUT2D eigenvalue weighted by atomic mass is 35.5. The maximum Gasteiger partial charge on any atom is 0.0931 e. The minimum Gasteiger partial charge on any atom is -0.310 e. The van der Waals surface area contributed by atoms with Gasteiger partial charge in [0.2, 0.25) is 0 Å². The van der Waals surface area contributed by atoms with Crippen molar-refractivity contribution in [2.45, 2.75) is 45.1 Å². The number of rotatable bonds is 4. The largest absolute Gasteiger partial charge is 0.310 e. The van der Waals surface area contributed by atoms with Crippen molar-refractivity contribution >= 4 is 22.9 Å². The molecule has 1 N–H and O–H groups in total. The van der Waals surface area contributed by atoms with E-state index in [9.17, 15) is 0 Å². The van der Waals surface area contributed by atoms with Crippen LogP contribution in [0.1, 0.15) is 50.6 Å². The first-order valence-electron chi connectivity index (χ1n) is 6.23. The highest BCUT2D eigenvalue weighted by Crippen LogP contribution is 2.26. The molecule has 1 aliphatic carbocycles. The van der Waals surface area contributed by atoms with Crippen molar-refractivity contribution in [2.75, 3.05) is 6.54 Å². The lowest BCUT2D eigenvalue weighted by Crippen LogP contribution is -2.26. The van der Waals surface area contributed by atoms with Crippen LogP contribution in [0.3, 0.4) is 0 Å². The Hall–Kier alpha value is -0.0500. The number of nitrogens with one attached hydrogen (secondary N) is 1. The Labute approximate surface area is 107 Å². The third-order valence-electron chi connectivity index (χ3n) is 3.53. The maximum atomic E-state index is 5.94. The van der Waals surface area contributed by atoms with Gasteiger partial charge in [0.15, 0.2) is 0 Å². The zero-order chi connectivity index (χ0) is 11.4.